The first kappa shape index (κ1) is 24.1. The Morgan fingerprint density at radius 2 is 1.56 bits per heavy atom. The van der Waals surface area contributed by atoms with Gasteiger partial charge in [-0.25, -0.2) is 8.78 Å². The molecule has 0 unspecified atom stereocenters. The molecular formula is C24H33F2N3O3. The van der Waals surface area contributed by atoms with Gasteiger partial charge in [0.05, 0.1) is 5.56 Å². The number of piperidine rings is 2. The number of unbranched alkanes of at least 4 members (excludes halogenated alkanes) is 1. The Morgan fingerprint density at radius 1 is 0.969 bits per heavy atom. The lowest BCUT2D eigenvalue weighted by Gasteiger charge is -2.37. The molecule has 0 radical (unpaired) electrons. The predicted octanol–water partition coefficient (Wildman–Crippen LogP) is 3.31. The number of halogens is 2. The molecule has 0 aromatic heterocycles. The standard InChI is InChI=1S/C24H33F2N3O3/c1-3-4-11-27(2)22(30)17-7-12-28(13-8-17)23(31)18-9-14-29(15-10-18)24(32)20-6-5-19(25)16-21(20)26/h5-6,16-18H,3-4,7-15H2,1-2H3. The SMILES string of the molecule is CCCCN(C)C(=O)C1CCN(C(=O)C2CCN(C(=O)c3ccc(F)cc3F)CC2)CC1. The Labute approximate surface area is 188 Å². The zero-order valence-electron chi connectivity index (χ0n) is 19.0. The lowest BCUT2D eigenvalue weighted by atomic mass is 9.91. The average molecular weight is 450 g/mol. The van der Waals surface area contributed by atoms with Gasteiger partial charge in [0.25, 0.3) is 5.91 Å². The topological polar surface area (TPSA) is 60.9 Å². The number of carbonyl (C=O) groups is 3. The molecule has 176 valence electrons. The monoisotopic (exact) mass is 449 g/mol. The molecule has 2 heterocycles. The normalized spacial score (nSPS) is 18.0. The van der Waals surface area contributed by atoms with Crippen LogP contribution in [-0.2, 0) is 9.59 Å². The third kappa shape index (κ3) is 5.64. The van der Waals surface area contributed by atoms with Crippen LogP contribution in [0.2, 0.25) is 0 Å². The molecule has 0 N–H and O–H groups in total. The number of rotatable bonds is 6. The molecule has 3 amide bonds. The Hall–Kier alpha value is -2.51. The van der Waals surface area contributed by atoms with Gasteiger partial charge >= 0.3 is 0 Å². The maximum Gasteiger partial charge on any atom is 0.256 e. The summed E-state index contributed by atoms with van der Waals surface area (Å²) in [4.78, 5) is 43.3. The number of nitrogens with zero attached hydrogens (tertiary/aromatic N) is 3. The summed E-state index contributed by atoms with van der Waals surface area (Å²) in [5, 5.41) is 0. The highest BCUT2D eigenvalue weighted by Gasteiger charge is 2.34. The molecule has 32 heavy (non-hydrogen) atoms. The number of carbonyl (C=O) groups excluding carboxylic acids is 3. The van der Waals surface area contributed by atoms with Crippen molar-refractivity contribution in [3.63, 3.8) is 0 Å². The molecule has 6 nitrogen and oxygen atoms in total. The number of hydrogen-bond donors (Lipinski definition) is 0. The molecule has 2 saturated heterocycles. The quantitative estimate of drug-likeness (QED) is 0.670. The molecule has 0 spiro atoms. The first-order valence-corrected chi connectivity index (χ1v) is 11.6. The van der Waals surface area contributed by atoms with Crippen LogP contribution in [0.4, 0.5) is 8.78 Å². The fourth-order valence-corrected chi connectivity index (χ4v) is 4.58. The summed E-state index contributed by atoms with van der Waals surface area (Å²) in [5.41, 5.74) is -0.146. The molecule has 2 aliphatic heterocycles. The van der Waals surface area contributed by atoms with E-state index >= 15 is 0 Å². The van der Waals surface area contributed by atoms with E-state index in [9.17, 15) is 23.2 Å². The van der Waals surface area contributed by atoms with Crippen molar-refractivity contribution < 1.29 is 23.2 Å². The van der Waals surface area contributed by atoms with E-state index in [2.05, 4.69) is 6.92 Å². The molecule has 0 saturated carbocycles. The van der Waals surface area contributed by atoms with E-state index in [-0.39, 0.29) is 29.2 Å². The van der Waals surface area contributed by atoms with E-state index in [1.165, 1.54) is 4.90 Å². The van der Waals surface area contributed by atoms with Crippen molar-refractivity contribution in [2.24, 2.45) is 11.8 Å². The minimum absolute atomic E-state index is 0.0222. The van der Waals surface area contributed by atoms with Crippen molar-refractivity contribution in [1.29, 1.82) is 0 Å². The number of likely N-dealkylation sites (tertiary alicyclic amines) is 2. The minimum Gasteiger partial charge on any atom is -0.346 e. The molecule has 2 fully saturated rings. The summed E-state index contributed by atoms with van der Waals surface area (Å²) in [7, 11) is 1.85. The van der Waals surface area contributed by atoms with Gasteiger partial charge in [-0.3, -0.25) is 14.4 Å². The van der Waals surface area contributed by atoms with Crippen LogP contribution in [0.1, 0.15) is 55.8 Å². The molecule has 1 aromatic carbocycles. The molecule has 0 bridgehead atoms. The van der Waals surface area contributed by atoms with Crippen molar-refractivity contribution >= 4 is 17.7 Å². The van der Waals surface area contributed by atoms with Crippen LogP contribution < -0.4 is 0 Å². The predicted molar refractivity (Wildman–Crippen MR) is 117 cm³/mol. The van der Waals surface area contributed by atoms with Crippen LogP contribution in [0.25, 0.3) is 0 Å². The van der Waals surface area contributed by atoms with Gasteiger partial charge in [0.2, 0.25) is 11.8 Å². The van der Waals surface area contributed by atoms with Gasteiger partial charge in [-0.15, -0.1) is 0 Å². The summed E-state index contributed by atoms with van der Waals surface area (Å²) in [6.07, 6.45) is 4.45. The Morgan fingerprint density at radius 3 is 2.16 bits per heavy atom. The summed E-state index contributed by atoms with van der Waals surface area (Å²) < 4.78 is 27.0. The first-order valence-electron chi connectivity index (χ1n) is 11.6. The Kier molecular flexibility index (Phi) is 8.21. The average Bonchev–Trinajstić information content (AvgIpc) is 2.81. The van der Waals surface area contributed by atoms with Crippen molar-refractivity contribution in [2.75, 3.05) is 39.8 Å². The van der Waals surface area contributed by atoms with E-state index in [0.717, 1.165) is 31.5 Å². The lowest BCUT2D eigenvalue weighted by Crippen LogP contribution is -2.48. The van der Waals surface area contributed by atoms with E-state index in [4.69, 9.17) is 0 Å². The van der Waals surface area contributed by atoms with Crippen LogP contribution in [0.3, 0.4) is 0 Å². The highest BCUT2D eigenvalue weighted by atomic mass is 19.1. The Balaban J connectivity index is 1.47. The number of amides is 3. The van der Waals surface area contributed by atoms with Gasteiger partial charge in [-0.2, -0.15) is 0 Å². The van der Waals surface area contributed by atoms with Crippen LogP contribution in [0, 0.1) is 23.5 Å². The fraction of sp³-hybridized carbons (Fsp3) is 0.625. The van der Waals surface area contributed by atoms with Crippen LogP contribution in [0.5, 0.6) is 0 Å². The first-order chi connectivity index (χ1) is 15.3. The lowest BCUT2D eigenvalue weighted by molar-refractivity contribution is -0.142. The highest BCUT2D eigenvalue weighted by Crippen LogP contribution is 2.26. The van der Waals surface area contributed by atoms with Crippen molar-refractivity contribution in [2.45, 2.75) is 45.4 Å². The van der Waals surface area contributed by atoms with Gasteiger partial charge in [0.1, 0.15) is 11.6 Å². The van der Waals surface area contributed by atoms with Gasteiger partial charge in [-0.1, -0.05) is 13.3 Å². The van der Waals surface area contributed by atoms with Crippen molar-refractivity contribution in [1.82, 2.24) is 14.7 Å². The largest absolute Gasteiger partial charge is 0.346 e. The van der Waals surface area contributed by atoms with E-state index < -0.39 is 17.5 Å². The minimum atomic E-state index is -0.869. The fourth-order valence-electron chi connectivity index (χ4n) is 4.58. The molecule has 3 rings (SSSR count). The van der Waals surface area contributed by atoms with E-state index in [1.54, 1.807) is 0 Å². The molecule has 0 atom stereocenters. The molecular weight excluding hydrogens is 416 g/mol. The molecule has 0 aliphatic carbocycles. The number of benzene rings is 1. The zero-order chi connectivity index (χ0) is 23.3. The number of hydrogen-bond acceptors (Lipinski definition) is 3. The maximum atomic E-state index is 13.9. The van der Waals surface area contributed by atoms with Crippen LogP contribution in [-0.4, -0.2) is 72.2 Å². The van der Waals surface area contributed by atoms with Crippen LogP contribution in [0.15, 0.2) is 18.2 Å². The van der Waals surface area contributed by atoms with Gasteiger partial charge in [0.15, 0.2) is 0 Å². The summed E-state index contributed by atoms with van der Waals surface area (Å²) in [6, 6.07) is 2.94. The molecule has 8 heteroatoms. The second-order valence-electron chi connectivity index (χ2n) is 8.90. The molecule has 1 aromatic rings. The van der Waals surface area contributed by atoms with E-state index in [0.29, 0.717) is 57.9 Å². The Bertz CT molecular complexity index is 832. The third-order valence-corrected chi connectivity index (χ3v) is 6.67. The van der Waals surface area contributed by atoms with Crippen LogP contribution >= 0.6 is 0 Å². The third-order valence-electron chi connectivity index (χ3n) is 6.67. The van der Waals surface area contributed by atoms with Gasteiger partial charge in [-0.05, 0) is 44.2 Å². The summed E-state index contributed by atoms with van der Waals surface area (Å²) in [6.45, 7) is 4.76. The van der Waals surface area contributed by atoms with Crippen molar-refractivity contribution in [3.8, 4) is 0 Å². The second kappa shape index (κ2) is 10.9. The zero-order valence-corrected chi connectivity index (χ0v) is 19.0. The summed E-state index contributed by atoms with van der Waals surface area (Å²) in [5.74, 6) is -2.00. The smallest absolute Gasteiger partial charge is 0.256 e. The van der Waals surface area contributed by atoms with Crippen molar-refractivity contribution in [3.05, 3.63) is 35.4 Å². The van der Waals surface area contributed by atoms with Gasteiger partial charge < -0.3 is 14.7 Å². The summed E-state index contributed by atoms with van der Waals surface area (Å²) >= 11 is 0. The van der Waals surface area contributed by atoms with E-state index in [1.807, 2.05) is 16.8 Å². The second-order valence-corrected chi connectivity index (χ2v) is 8.90. The van der Waals surface area contributed by atoms with Gasteiger partial charge in [0, 0.05) is 57.7 Å². The maximum absolute atomic E-state index is 13.9. The molecule has 2 aliphatic rings. The highest BCUT2D eigenvalue weighted by molar-refractivity contribution is 5.94.